The minimum absolute atomic E-state index is 0.174. The molecule has 0 aliphatic rings. The number of H-pyrrole nitrogens is 1. The van der Waals surface area contributed by atoms with Gasteiger partial charge in [-0.1, -0.05) is 35.9 Å². The molecule has 0 radical (unpaired) electrons. The van der Waals surface area contributed by atoms with Gasteiger partial charge < -0.3 is 4.74 Å². The van der Waals surface area contributed by atoms with Gasteiger partial charge in [-0.2, -0.15) is 5.10 Å². The van der Waals surface area contributed by atoms with Gasteiger partial charge in [0.05, 0.1) is 5.39 Å². The highest BCUT2D eigenvalue weighted by Crippen LogP contribution is 2.17. The van der Waals surface area contributed by atoms with E-state index < -0.39 is 0 Å². The van der Waals surface area contributed by atoms with E-state index in [-0.39, 0.29) is 5.56 Å². The fourth-order valence-electron chi connectivity index (χ4n) is 2.11. The van der Waals surface area contributed by atoms with Gasteiger partial charge in [0.2, 0.25) is 0 Å². The second kappa shape index (κ2) is 5.17. The number of aromatic amines is 1. The van der Waals surface area contributed by atoms with Crippen LogP contribution in [0.2, 0.25) is 0 Å². The fraction of sp³-hybridized carbons (Fsp3) is 0.125. The summed E-state index contributed by atoms with van der Waals surface area (Å²) in [5, 5.41) is 8.08. The Kier molecular flexibility index (Phi) is 3.21. The van der Waals surface area contributed by atoms with Crippen LogP contribution in [0.5, 0.6) is 5.75 Å². The van der Waals surface area contributed by atoms with Crippen molar-refractivity contribution in [3.8, 4) is 5.75 Å². The van der Waals surface area contributed by atoms with Gasteiger partial charge in [0.1, 0.15) is 18.1 Å². The van der Waals surface area contributed by atoms with Crippen LogP contribution in [0.1, 0.15) is 11.3 Å². The average molecular weight is 266 g/mol. The van der Waals surface area contributed by atoms with Crippen LogP contribution in [0.3, 0.4) is 0 Å². The van der Waals surface area contributed by atoms with Gasteiger partial charge in [-0.3, -0.25) is 4.79 Å². The van der Waals surface area contributed by atoms with Gasteiger partial charge in [-0.05, 0) is 25.1 Å². The highest BCUT2D eigenvalue weighted by molar-refractivity contribution is 5.84. The highest BCUT2D eigenvalue weighted by Gasteiger charge is 2.07. The van der Waals surface area contributed by atoms with E-state index >= 15 is 0 Å². The first-order valence-corrected chi connectivity index (χ1v) is 6.40. The number of para-hydroxylation sites is 1. The summed E-state index contributed by atoms with van der Waals surface area (Å²) in [6, 6.07) is 15.3. The molecule has 0 unspecified atom stereocenters. The van der Waals surface area contributed by atoms with Crippen molar-refractivity contribution in [2.24, 2.45) is 0 Å². The molecule has 4 heteroatoms. The first-order valence-electron chi connectivity index (χ1n) is 6.40. The van der Waals surface area contributed by atoms with E-state index in [0.717, 1.165) is 22.4 Å². The van der Waals surface area contributed by atoms with Crippen LogP contribution in [-0.2, 0) is 6.61 Å². The molecular formula is C16H14N2O2. The zero-order valence-electron chi connectivity index (χ0n) is 11.1. The molecule has 20 heavy (non-hydrogen) atoms. The molecule has 0 amide bonds. The zero-order valence-corrected chi connectivity index (χ0v) is 11.1. The normalized spacial score (nSPS) is 10.7. The number of ether oxygens (including phenoxy) is 1. The number of aromatic nitrogens is 2. The lowest BCUT2D eigenvalue weighted by Crippen LogP contribution is -2.12. The Morgan fingerprint density at radius 3 is 2.70 bits per heavy atom. The molecule has 1 N–H and O–H groups in total. The van der Waals surface area contributed by atoms with Crippen LogP contribution in [0, 0.1) is 6.92 Å². The van der Waals surface area contributed by atoms with Crippen molar-refractivity contribution >= 4 is 10.8 Å². The Balaban J connectivity index is 1.96. The van der Waals surface area contributed by atoms with Crippen LogP contribution in [0.25, 0.3) is 10.8 Å². The Hall–Kier alpha value is -2.62. The summed E-state index contributed by atoms with van der Waals surface area (Å²) in [4.78, 5) is 11.8. The van der Waals surface area contributed by atoms with Crippen molar-refractivity contribution in [2.45, 2.75) is 13.5 Å². The minimum Gasteiger partial charge on any atom is -0.487 e. The van der Waals surface area contributed by atoms with Gasteiger partial charge in [-0.25, -0.2) is 5.10 Å². The second-order valence-corrected chi connectivity index (χ2v) is 4.65. The highest BCUT2D eigenvalue weighted by atomic mass is 16.5. The Bertz CT molecular complexity index is 794. The molecule has 0 bridgehead atoms. The molecular weight excluding hydrogens is 252 g/mol. The number of hydrogen-bond donors (Lipinski definition) is 1. The maximum atomic E-state index is 11.8. The van der Waals surface area contributed by atoms with Crippen LogP contribution in [0.15, 0.2) is 53.3 Å². The van der Waals surface area contributed by atoms with Crippen molar-refractivity contribution in [2.75, 3.05) is 0 Å². The molecule has 0 aliphatic heterocycles. The van der Waals surface area contributed by atoms with Crippen LogP contribution in [-0.4, -0.2) is 10.2 Å². The van der Waals surface area contributed by atoms with E-state index in [9.17, 15) is 4.79 Å². The molecule has 0 spiro atoms. The summed E-state index contributed by atoms with van der Waals surface area (Å²) < 4.78 is 5.69. The zero-order chi connectivity index (χ0) is 13.9. The number of nitrogens with one attached hydrogen (secondary N) is 1. The number of aryl methyl sites for hydroxylation is 1. The standard InChI is InChI=1S/C16H14N2O2/c1-11-7-8-13-14(9-11)16(19)18-17-15(13)10-20-12-5-3-2-4-6-12/h2-9H,10H2,1H3,(H,18,19). The van der Waals surface area contributed by atoms with Gasteiger partial charge in [0.25, 0.3) is 5.56 Å². The third kappa shape index (κ3) is 2.40. The van der Waals surface area contributed by atoms with E-state index in [1.54, 1.807) is 0 Å². The van der Waals surface area contributed by atoms with Crippen molar-refractivity contribution in [1.82, 2.24) is 10.2 Å². The first-order chi connectivity index (χ1) is 9.74. The van der Waals surface area contributed by atoms with E-state index in [4.69, 9.17) is 4.74 Å². The maximum Gasteiger partial charge on any atom is 0.272 e. The molecule has 0 aliphatic carbocycles. The van der Waals surface area contributed by atoms with Crippen LogP contribution in [0.4, 0.5) is 0 Å². The molecule has 4 nitrogen and oxygen atoms in total. The molecule has 3 aromatic rings. The van der Waals surface area contributed by atoms with Crippen molar-refractivity contribution in [3.63, 3.8) is 0 Å². The van der Waals surface area contributed by atoms with Crippen LogP contribution >= 0.6 is 0 Å². The monoisotopic (exact) mass is 266 g/mol. The predicted molar refractivity (Wildman–Crippen MR) is 77.9 cm³/mol. The quantitative estimate of drug-likeness (QED) is 0.793. The van der Waals surface area contributed by atoms with E-state index in [2.05, 4.69) is 10.2 Å². The first kappa shape index (κ1) is 12.4. The lowest BCUT2D eigenvalue weighted by molar-refractivity contribution is 0.301. The third-order valence-corrected chi connectivity index (χ3v) is 3.14. The number of hydrogen-bond acceptors (Lipinski definition) is 3. The topological polar surface area (TPSA) is 55.0 Å². The fourth-order valence-corrected chi connectivity index (χ4v) is 2.11. The largest absolute Gasteiger partial charge is 0.487 e. The lowest BCUT2D eigenvalue weighted by Gasteiger charge is -2.08. The molecule has 1 heterocycles. The van der Waals surface area contributed by atoms with Gasteiger partial charge in [0, 0.05) is 5.39 Å². The van der Waals surface area contributed by atoms with Crippen LogP contribution < -0.4 is 10.3 Å². The van der Waals surface area contributed by atoms with E-state index in [1.807, 2.05) is 55.5 Å². The number of nitrogens with zero attached hydrogens (tertiary/aromatic N) is 1. The molecule has 2 aromatic carbocycles. The number of fused-ring (bicyclic) bond motifs is 1. The Labute approximate surface area is 116 Å². The summed E-state index contributed by atoms with van der Waals surface area (Å²) in [7, 11) is 0. The molecule has 0 saturated heterocycles. The predicted octanol–water partition coefficient (Wildman–Crippen LogP) is 2.81. The Morgan fingerprint density at radius 1 is 1.10 bits per heavy atom. The van der Waals surface area contributed by atoms with Gasteiger partial charge in [-0.15, -0.1) is 0 Å². The smallest absolute Gasteiger partial charge is 0.272 e. The average Bonchev–Trinajstić information content (AvgIpc) is 2.48. The molecule has 0 fully saturated rings. The summed E-state index contributed by atoms with van der Waals surface area (Å²) in [5.74, 6) is 0.778. The summed E-state index contributed by atoms with van der Waals surface area (Å²) in [6.07, 6.45) is 0. The van der Waals surface area contributed by atoms with Crippen molar-refractivity contribution in [1.29, 1.82) is 0 Å². The molecule has 0 atom stereocenters. The van der Waals surface area contributed by atoms with Gasteiger partial charge >= 0.3 is 0 Å². The van der Waals surface area contributed by atoms with E-state index in [1.165, 1.54) is 0 Å². The molecule has 1 aromatic heterocycles. The van der Waals surface area contributed by atoms with Crippen molar-refractivity contribution in [3.05, 3.63) is 70.1 Å². The van der Waals surface area contributed by atoms with Gasteiger partial charge in [0.15, 0.2) is 0 Å². The third-order valence-electron chi connectivity index (χ3n) is 3.14. The summed E-state index contributed by atoms with van der Waals surface area (Å²) >= 11 is 0. The SMILES string of the molecule is Cc1ccc2c(COc3ccccc3)n[nH]c(=O)c2c1. The van der Waals surface area contributed by atoms with E-state index in [0.29, 0.717) is 12.0 Å². The van der Waals surface area contributed by atoms with Crippen molar-refractivity contribution < 1.29 is 4.74 Å². The Morgan fingerprint density at radius 2 is 1.90 bits per heavy atom. The molecule has 0 saturated carbocycles. The second-order valence-electron chi connectivity index (χ2n) is 4.65. The maximum absolute atomic E-state index is 11.8. The lowest BCUT2D eigenvalue weighted by atomic mass is 10.1. The molecule has 3 rings (SSSR count). The molecule has 100 valence electrons. The number of benzene rings is 2. The summed E-state index contributed by atoms with van der Waals surface area (Å²) in [5.41, 5.74) is 1.60. The minimum atomic E-state index is -0.174. The summed E-state index contributed by atoms with van der Waals surface area (Å²) in [6.45, 7) is 2.28. The number of rotatable bonds is 3.